The van der Waals surface area contributed by atoms with E-state index >= 15 is 0 Å². The third-order valence-corrected chi connectivity index (χ3v) is 7.13. The highest BCUT2D eigenvalue weighted by atomic mass is 35.5. The Morgan fingerprint density at radius 1 is 1.07 bits per heavy atom. The average molecular weight is 440 g/mol. The van der Waals surface area contributed by atoms with Crippen LogP contribution >= 0.6 is 11.6 Å². The molecule has 2 N–H and O–H groups in total. The van der Waals surface area contributed by atoms with Crippen molar-refractivity contribution in [1.82, 2.24) is 9.62 Å². The summed E-state index contributed by atoms with van der Waals surface area (Å²) in [5, 5.41) is 6.15. The lowest BCUT2D eigenvalue weighted by atomic mass is 9.95. The summed E-state index contributed by atoms with van der Waals surface area (Å²) >= 11 is 5.81. The van der Waals surface area contributed by atoms with E-state index in [1.54, 1.807) is 24.3 Å². The van der Waals surface area contributed by atoms with E-state index in [4.69, 9.17) is 11.6 Å². The SMILES string of the molecule is O=C(NCCC1CCN(S(=O)(=O)c2ccc(F)cc2)CC1)Nc1ccc(Cl)cc1. The first-order valence-corrected chi connectivity index (χ1v) is 11.2. The van der Waals surface area contributed by atoms with Gasteiger partial charge in [-0.1, -0.05) is 11.6 Å². The molecule has 0 aromatic heterocycles. The van der Waals surface area contributed by atoms with Gasteiger partial charge in [0.1, 0.15) is 5.82 Å². The normalized spacial score (nSPS) is 15.8. The van der Waals surface area contributed by atoms with Crippen LogP contribution in [-0.4, -0.2) is 38.4 Å². The Balaban J connectivity index is 1.41. The lowest BCUT2D eigenvalue weighted by molar-refractivity contribution is 0.245. The van der Waals surface area contributed by atoms with Gasteiger partial charge in [-0.3, -0.25) is 0 Å². The fourth-order valence-corrected chi connectivity index (χ4v) is 4.89. The minimum absolute atomic E-state index is 0.109. The van der Waals surface area contributed by atoms with Crippen LogP contribution in [0.15, 0.2) is 53.4 Å². The third-order valence-electron chi connectivity index (χ3n) is 4.97. The number of anilines is 1. The summed E-state index contributed by atoms with van der Waals surface area (Å²) in [4.78, 5) is 12.0. The van der Waals surface area contributed by atoms with Crippen molar-refractivity contribution in [2.45, 2.75) is 24.2 Å². The highest BCUT2D eigenvalue weighted by Crippen LogP contribution is 2.25. The van der Waals surface area contributed by atoms with Gasteiger partial charge in [0.15, 0.2) is 0 Å². The number of benzene rings is 2. The number of hydrogen-bond donors (Lipinski definition) is 2. The number of sulfonamides is 1. The van der Waals surface area contributed by atoms with Gasteiger partial charge in [0.2, 0.25) is 10.0 Å². The molecule has 0 saturated carbocycles. The Hall–Kier alpha value is -2.16. The molecule has 1 aliphatic heterocycles. The third kappa shape index (κ3) is 5.91. The van der Waals surface area contributed by atoms with Gasteiger partial charge in [0, 0.05) is 30.3 Å². The summed E-state index contributed by atoms with van der Waals surface area (Å²) in [6.45, 7) is 1.34. The number of nitrogens with one attached hydrogen (secondary N) is 2. The van der Waals surface area contributed by atoms with Crippen LogP contribution in [0.3, 0.4) is 0 Å². The molecule has 156 valence electrons. The first-order chi connectivity index (χ1) is 13.8. The van der Waals surface area contributed by atoms with Crippen molar-refractivity contribution in [2.24, 2.45) is 5.92 Å². The summed E-state index contributed by atoms with van der Waals surface area (Å²) in [6, 6.07) is 11.4. The Morgan fingerprint density at radius 3 is 2.31 bits per heavy atom. The van der Waals surface area contributed by atoms with Crippen molar-refractivity contribution < 1.29 is 17.6 Å². The van der Waals surface area contributed by atoms with Crippen molar-refractivity contribution in [3.05, 3.63) is 59.4 Å². The van der Waals surface area contributed by atoms with E-state index in [0.717, 1.165) is 31.4 Å². The second kappa shape index (κ2) is 9.56. The van der Waals surface area contributed by atoms with E-state index in [-0.39, 0.29) is 10.9 Å². The highest BCUT2D eigenvalue weighted by molar-refractivity contribution is 7.89. The van der Waals surface area contributed by atoms with Gasteiger partial charge in [0.05, 0.1) is 4.90 Å². The second-order valence-corrected chi connectivity index (χ2v) is 9.35. The molecule has 2 amide bonds. The number of carbonyl (C=O) groups excluding carboxylic acids is 1. The number of halogens is 2. The zero-order valence-corrected chi connectivity index (χ0v) is 17.3. The monoisotopic (exact) mass is 439 g/mol. The summed E-state index contributed by atoms with van der Waals surface area (Å²) in [6.07, 6.45) is 2.22. The molecule has 2 aromatic rings. The highest BCUT2D eigenvalue weighted by Gasteiger charge is 2.29. The van der Waals surface area contributed by atoms with E-state index in [1.165, 1.54) is 16.4 Å². The Kier molecular flexibility index (Phi) is 7.10. The van der Waals surface area contributed by atoms with Gasteiger partial charge in [-0.05, 0) is 73.7 Å². The summed E-state index contributed by atoms with van der Waals surface area (Å²) < 4.78 is 39.7. The number of amides is 2. The minimum atomic E-state index is -3.60. The quantitative estimate of drug-likeness (QED) is 0.711. The summed E-state index contributed by atoms with van der Waals surface area (Å²) in [5.41, 5.74) is 0.659. The number of urea groups is 1. The molecule has 3 rings (SSSR count). The number of carbonyl (C=O) groups is 1. The zero-order valence-electron chi connectivity index (χ0n) is 15.8. The van der Waals surface area contributed by atoms with Crippen molar-refractivity contribution in [1.29, 1.82) is 0 Å². The molecule has 2 aromatic carbocycles. The minimum Gasteiger partial charge on any atom is -0.338 e. The molecule has 1 fully saturated rings. The van der Waals surface area contributed by atoms with E-state index in [2.05, 4.69) is 10.6 Å². The molecule has 1 aliphatic rings. The smallest absolute Gasteiger partial charge is 0.319 e. The molecule has 6 nitrogen and oxygen atoms in total. The van der Waals surface area contributed by atoms with Gasteiger partial charge in [-0.15, -0.1) is 0 Å². The number of hydrogen-bond acceptors (Lipinski definition) is 3. The van der Waals surface area contributed by atoms with Crippen LogP contribution in [0.2, 0.25) is 5.02 Å². The predicted octanol–water partition coefficient (Wildman–Crippen LogP) is 4.09. The largest absolute Gasteiger partial charge is 0.338 e. The van der Waals surface area contributed by atoms with Gasteiger partial charge in [-0.2, -0.15) is 4.31 Å². The van der Waals surface area contributed by atoms with Crippen LogP contribution in [0.25, 0.3) is 0 Å². The van der Waals surface area contributed by atoms with Crippen molar-refractivity contribution in [3.63, 3.8) is 0 Å². The molecule has 0 atom stereocenters. The van der Waals surface area contributed by atoms with Gasteiger partial charge < -0.3 is 10.6 Å². The molecule has 0 aliphatic carbocycles. The molecule has 0 spiro atoms. The van der Waals surface area contributed by atoms with E-state index in [1.807, 2.05) is 0 Å². The molecular formula is C20H23ClFN3O3S. The lowest BCUT2D eigenvalue weighted by Crippen LogP contribution is -2.39. The van der Waals surface area contributed by atoms with Crippen LogP contribution in [0.4, 0.5) is 14.9 Å². The topological polar surface area (TPSA) is 78.5 Å². The fraction of sp³-hybridized carbons (Fsp3) is 0.350. The zero-order chi connectivity index (χ0) is 20.9. The van der Waals surface area contributed by atoms with Crippen LogP contribution in [0.1, 0.15) is 19.3 Å². The summed E-state index contributed by atoms with van der Waals surface area (Å²) in [7, 11) is -3.60. The van der Waals surface area contributed by atoms with Crippen molar-refractivity contribution in [2.75, 3.05) is 25.0 Å². The Morgan fingerprint density at radius 2 is 1.69 bits per heavy atom. The molecule has 29 heavy (non-hydrogen) atoms. The molecule has 0 unspecified atom stereocenters. The molecule has 0 radical (unpaired) electrons. The van der Waals surface area contributed by atoms with Crippen molar-refractivity contribution in [3.8, 4) is 0 Å². The Bertz CT molecular complexity index is 928. The van der Waals surface area contributed by atoms with Crippen LogP contribution in [0.5, 0.6) is 0 Å². The van der Waals surface area contributed by atoms with Crippen LogP contribution < -0.4 is 10.6 Å². The molecule has 0 bridgehead atoms. The maximum absolute atomic E-state index is 13.0. The maximum atomic E-state index is 13.0. The lowest BCUT2D eigenvalue weighted by Gasteiger charge is -2.31. The van der Waals surface area contributed by atoms with Gasteiger partial charge in [0.25, 0.3) is 0 Å². The average Bonchev–Trinajstić information content (AvgIpc) is 2.70. The van der Waals surface area contributed by atoms with Gasteiger partial charge >= 0.3 is 6.03 Å². The number of piperidine rings is 1. The predicted molar refractivity (Wildman–Crippen MR) is 111 cm³/mol. The molecule has 9 heteroatoms. The van der Waals surface area contributed by atoms with E-state index in [0.29, 0.717) is 36.3 Å². The maximum Gasteiger partial charge on any atom is 0.319 e. The standard InChI is InChI=1S/C20H23ClFN3O3S/c21-16-1-5-18(6-2-16)24-20(26)23-12-9-15-10-13-25(14-11-15)29(27,28)19-7-3-17(22)4-8-19/h1-8,15H,9-14H2,(H2,23,24,26). The molecule has 1 heterocycles. The molecule has 1 saturated heterocycles. The second-order valence-electron chi connectivity index (χ2n) is 6.98. The van der Waals surface area contributed by atoms with Crippen LogP contribution in [-0.2, 0) is 10.0 Å². The first kappa shape index (κ1) is 21.5. The van der Waals surface area contributed by atoms with E-state index < -0.39 is 15.8 Å². The number of rotatable bonds is 6. The van der Waals surface area contributed by atoms with Crippen LogP contribution in [0, 0.1) is 11.7 Å². The van der Waals surface area contributed by atoms with E-state index in [9.17, 15) is 17.6 Å². The Labute approximate surface area is 175 Å². The molecular weight excluding hydrogens is 417 g/mol. The fourth-order valence-electron chi connectivity index (χ4n) is 3.29. The van der Waals surface area contributed by atoms with Gasteiger partial charge in [-0.25, -0.2) is 17.6 Å². The number of nitrogens with zero attached hydrogens (tertiary/aromatic N) is 1. The summed E-state index contributed by atoms with van der Waals surface area (Å²) in [5.74, 6) is -0.124. The first-order valence-electron chi connectivity index (χ1n) is 9.41. The van der Waals surface area contributed by atoms with Crippen molar-refractivity contribution >= 4 is 33.3 Å².